The van der Waals surface area contributed by atoms with E-state index in [4.69, 9.17) is 11.1 Å². The fourth-order valence-corrected chi connectivity index (χ4v) is 2.47. The Hall–Kier alpha value is -1.03. The monoisotopic (exact) mass is 208 g/mol. The van der Waals surface area contributed by atoms with Gasteiger partial charge in [-0.25, -0.2) is 0 Å². The highest BCUT2D eigenvalue weighted by Gasteiger charge is 2.30. The Morgan fingerprint density at radius 2 is 2.40 bits per heavy atom. The normalized spacial score (nSPS) is 30.9. The van der Waals surface area contributed by atoms with Crippen molar-refractivity contribution < 1.29 is 0 Å². The Morgan fingerprint density at radius 1 is 1.60 bits per heavy atom. The van der Waals surface area contributed by atoms with Crippen LogP contribution >= 0.6 is 0 Å². The molecule has 2 rings (SSSR count). The molecule has 4 N–H and O–H groups in total. The molecule has 0 bridgehead atoms. The van der Waals surface area contributed by atoms with Gasteiger partial charge in [-0.15, -0.1) is 0 Å². The molecule has 0 spiro atoms. The van der Waals surface area contributed by atoms with E-state index in [1.807, 2.05) is 6.92 Å². The molecule has 2 aliphatic rings. The standard InChI is InChI=1S/C11H20N4/c1-8(12)10-4-3-9-7-14-5-2-6-15(9)11(10)13/h9,13-14H,2-7,12H2,1H3/t9-/m1/s1. The van der Waals surface area contributed by atoms with Gasteiger partial charge in [0.2, 0.25) is 0 Å². The van der Waals surface area contributed by atoms with Crippen LogP contribution in [-0.2, 0) is 0 Å². The van der Waals surface area contributed by atoms with Crippen molar-refractivity contribution in [3.63, 3.8) is 0 Å². The maximum atomic E-state index is 8.16. The molecule has 15 heavy (non-hydrogen) atoms. The van der Waals surface area contributed by atoms with E-state index in [0.717, 1.165) is 50.2 Å². The molecule has 0 aromatic rings. The number of piperidine rings is 1. The molecule has 0 amide bonds. The molecule has 2 aliphatic heterocycles. The zero-order valence-electron chi connectivity index (χ0n) is 9.34. The summed E-state index contributed by atoms with van der Waals surface area (Å²) in [6.45, 7) is 4.98. The highest BCUT2D eigenvalue weighted by Crippen LogP contribution is 2.25. The van der Waals surface area contributed by atoms with Gasteiger partial charge >= 0.3 is 0 Å². The number of hydrogen-bond donors (Lipinski definition) is 3. The lowest BCUT2D eigenvalue weighted by molar-refractivity contribution is 0.293. The molecule has 4 nitrogen and oxygen atoms in total. The van der Waals surface area contributed by atoms with Gasteiger partial charge in [-0.3, -0.25) is 5.41 Å². The summed E-state index contributed by atoms with van der Waals surface area (Å²) in [5, 5.41) is 11.6. The molecule has 0 aromatic carbocycles. The van der Waals surface area contributed by atoms with Crippen LogP contribution in [0.15, 0.2) is 11.3 Å². The summed E-state index contributed by atoms with van der Waals surface area (Å²) in [5.41, 5.74) is 7.68. The van der Waals surface area contributed by atoms with Crippen molar-refractivity contribution in [2.24, 2.45) is 5.73 Å². The summed E-state index contributed by atoms with van der Waals surface area (Å²) >= 11 is 0. The topological polar surface area (TPSA) is 65.1 Å². The van der Waals surface area contributed by atoms with Gasteiger partial charge in [-0.2, -0.15) is 0 Å². The van der Waals surface area contributed by atoms with Crippen LogP contribution in [0.2, 0.25) is 0 Å². The molecule has 0 aliphatic carbocycles. The average molecular weight is 208 g/mol. The molecule has 2 heterocycles. The number of nitrogens with one attached hydrogen (secondary N) is 2. The van der Waals surface area contributed by atoms with Crippen LogP contribution in [-0.4, -0.2) is 36.4 Å². The molecule has 2 fully saturated rings. The first-order valence-electron chi connectivity index (χ1n) is 5.71. The van der Waals surface area contributed by atoms with E-state index in [0.29, 0.717) is 11.9 Å². The van der Waals surface area contributed by atoms with Gasteiger partial charge in [0.05, 0.1) is 0 Å². The first-order valence-corrected chi connectivity index (χ1v) is 5.71. The Kier molecular flexibility index (Phi) is 2.95. The number of amidine groups is 1. The molecule has 0 aromatic heterocycles. The molecule has 0 unspecified atom stereocenters. The summed E-state index contributed by atoms with van der Waals surface area (Å²) in [6.07, 6.45) is 3.21. The second kappa shape index (κ2) is 4.23. The van der Waals surface area contributed by atoms with Crippen LogP contribution in [0.25, 0.3) is 0 Å². The number of rotatable bonds is 0. The molecule has 1 atom stereocenters. The minimum Gasteiger partial charge on any atom is -0.402 e. The van der Waals surface area contributed by atoms with E-state index < -0.39 is 0 Å². The Morgan fingerprint density at radius 3 is 3.13 bits per heavy atom. The van der Waals surface area contributed by atoms with Crippen molar-refractivity contribution >= 4 is 5.84 Å². The van der Waals surface area contributed by atoms with Crippen molar-refractivity contribution in [3.05, 3.63) is 11.3 Å². The molecule has 4 heteroatoms. The van der Waals surface area contributed by atoms with Crippen LogP contribution < -0.4 is 11.1 Å². The predicted octanol–water partition coefficient (Wildman–Crippen LogP) is 0.654. The number of allylic oxidation sites excluding steroid dienone is 1. The van der Waals surface area contributed by atoms with Crippen molar-refractivity contribution in [1.29, 1.82) is 5.41 Å². The molecule has 2 saturated heterocycles. The number of hydrogen-bond acceptors (Lipinski definition) is 3. The Balaban J connectivity index is 2.19. The second-order valence-corrected chi connectivity index (χ2v) is 4.45. The van der Waals surface area contributed by atoms with Gasteiger partial charge in [-0.05, 0) is 32.7 Å². The summed E-state index contributed by atoms with van der Waals surface area (Å²) in [4.78, 5) is 2.22. The third-order valence-electron chi connectivity index (χ3n) is 3.35. The second-order valence-electron chi connectivity index (χ2n) is 4.45. The van der Waals surface area contributed by atoms with Gasteiger partial charge in [0.15, 0.2) is 0 Å². The number of nitrogens with zero attached hydrogens (tertiary/aromatic N) is 1. The van der Waals surface area contributed by atoms with E-state index in [-0.39, 0.29) is 0 Å². The van der Waals surface area contributed by atoms with Crippen LogP contribution in [0.4, 0.5) is 0 Å². The minimum absolute atomic E-state index is 0.503. The summed E-state index contributed by atoms with van der Waals surface area (Å²) < 4.78 is 0. The SMILES string of the molecule is CC(N)=C1CC[C@@H]2CNCCCN2C1=N. The average Bonchev–Trinajstić information content (AvgIpc) is 2.43. The van der Waals surface area contributed by atoms with Crippen LogP contribution in [0.3, 0.4) is 0 Å². The van der Waals surface area contributed by atoms with Gasteiger partial charge in [0.25, 0.3) is 0 Å². The minimum atomic E-state index is 0.503. The molecular formula is C11H20N4. The maximum Gasteiger partial charge on any atom is 0.125 e. The van der Waals surface area contributed by atoms with Gasteiger partial charge < -0.3 is 16.0 Å². The zero-order chi connectivity index (χ0) is 10.8. The van der Waals surface area contributed by atoms with E-state index in [2.05, 4.69) is 10.2 Å². The third kappa shape index (κ3) is 2.00. The van der Waals surface area contributed by atoms with Crippen LogP contribution in [0.1, 0.15) is 26.2 Å². The zero-order valence-corrected chi connectivity index (χ0v) is 9.34. The van der Waals surface area contributed by atoms with Crippen molar-refractivity contribution in [2.45, 2.75) is 32.2 Å². The third-order valence-corrected chi connectivity index (χ3v) is 3.35. The highest BCUT2D eigenvalue weighted by atomic mass is 15.2. The Labute approximate surface area is 91.0 Å². The van der Waals surface area contributed by atoms with Crippen molar-refractivity contribution in [2.75, 3.05) is 19.6 Å². The van der Waals surface area contributed by atoms with Crippen molar-refractivity contribution in [1.82, 2.24) is 10.2 Å². The molecule has 0 radical (unpaired) electrons. The summed E-state index contributed by atoms with van der Waals surface area (Å²) in [7, 11) is 0. The van der Waals surface area contributed by atoms with Gasteiger partial charge in [-0.1, -0.05) is 0 Å². The molecule has 0 saturated carbocycles. The molecule has 84 valence electrons. The predicted molar refractivity (Wildman–Crippen MR) is 61.8 cm³/mol. The van der Waals surface area contributed by atoms with E-state index >= 15 is 0 Å². The largest absolute Gasteiger partial charge is 0.402 e. The van der Waals surface area contributed by atoms with E-state index in [1.54, 1.807) is 0 Å². The summed E-state index contributed by atoms with van der Waals surface area (Å²) in [6, 6.07) is 0.503. The lowest BCUT2D eigenvalue weighted by Crippen LogP contribution is -2.47. The fourth-order valence-electron chi connectivity index (χ4n) is 2.47. The van der Waals surface area contributed by atoms with E-state index in [1.165, 1.54) is 0 Å². The van der Waals surface area contributed by atoms with Gasteiger partial charge in [0.1, 0.15) is 5.84 Å². The van der Waals surface area contributed by atoms with Crippen LogP contribution in [0.5, 0.6) is 0 Å². The number of nitrogens with two attached hydrogens (primary N) is 1. The Bertz CT molecular complexity index is 291. The lowest BCUT2D eigenvalue weighted by Gasteiger charge is -2.37. The molecular weight excluding hydrogens is 188 g/mol. The fraction of sp³-hybridized carbons (Fsp3) is 0.727. The maximum absolute atomic E-state index is 8.16. The van der Waals surface area contributed by atoms with Gasteiger partial charge in [0, 0.05) is 30.4 Å². The van der Waals surface area contributed by atoms with Crippen LogP contribution in [0, 0.1) is 5.41 Å². The van der Waals surface area contributed by atoms with Crippen molar-refractivity contribution in [3.8, 4) is 0 Å². The first-order chi connectivity index (χ1) is 7.20. The smallest absolute Gasteiger partial charge is 0.125 e. The first kappa shape index (κ1) is 10.5. The lowest BCUT2D eigenvalue weighted by atomic mass is 9.95. The quantitative estimate of drug-likeness (QED) is 0.548. The number of fused-ring (bicyclic) bond motifs is 1. The summed E-state index contributed by atoms with van der Waals surface area (Å²) in [5.74, 6) is 0.662. The highest BCUT2D eigenvalue weighted by molar-refractivity contribution is 5.97. The van der Waals surface area contributed by atoms with E-state index in [9.17, 15) is 0 Å².